The van der Waals surface area contributed by atoms with E-state index in [1.165, 1.54) is 11.0 Å². The summed E-state index contributed by atoms with van der Waals surface area (Å²) in [6.07, 6.45) is -3.56. The Hall–Kier alpha value is -1.10. The lowest BCUT2D eigenvalue weighted by Gasteiger charge is -2.28. The molecule has 1 aliphatic heterocycles. The molecule has 2 rings (SSSR count). The monoisotopic (exact) mass is 502 g/mol. The second kappa shape index (κ2) is 9.90. The van der Waals surface area contributed by atoms with Crippen molar-refractivity contribution in [2.45, 2.75) is 37.9 Å². The number of alkyl halides is 3. The minimum absolute atomic E-state index is 0. The molecule has 1 aromatic carbocycles. The van der Waals surface area contributed by atoms with Crippen molar-refractivity contribution in [2.75, 3.05) is 33.2 Å². The Morgan fingerprint density at radius 1 is 1.26 bits per heavy atom. The third-order valence-corrected chi connectivity index (χ3v) is 4.54. The Labute approximate surface area is 174 Å². The Morgan fingerprint density at radius 2 is 1.93 bits per heavy atom. The molecule has 1 unspecified atom stereocenters. The van der Waals surface area contributed by atoms with Gasteiger partial charge in [0.05, 0.1) is 6.54 Å². The quantitative estimate of drug-likeness (QED) is 0.280. The van der Waals surface area contributed by atoms with Crippen LogP contribution in [0.3, 0.4) is 0 Å². The maximum absolute atomic E-state index is 14.0. The molecule has 1 heterocycles. The molecule has 1 aliphatic rings. The summed E-state index contributed by atoms with van der Waals surface area (Å²) >= 11 is 0. The molecular weight excluding hydrogens is 475 g/mol. The van der Waals surface area contributed by atoms with Crippen LogP contribution in [-0.2, 0) is 5.41 Å². The smallest absolute Gasteiger partial charge is 0.356 e. The van der Waals surface area contributed by atoms with E-state index in [1.807, 2.05) is 13.8 Å². The summed E-state index contributed by atoms with van der Waals surface area (Å²) in [5.41, 5.74) is 0.126. The number of benzene rings is 1. The van der Waals surface area contributed by atoms with Gasteiger partial charge in [0, 0.05) is 38.1 Å². The molecule has 27 heavy (non-hydrogen) atoms. The van der Waals surface area contributed by atoms with Gasteiger partial charge in [-0.3, -0.25) is 9.89 Å². The Balaban J connectivity index is 0.00000364. The topological polar surface area (TPSA) is 39.7 Å². The molecule has 0 aliphatic carbocycles. The minimum Gasteiger partial charge on any atom is -0.356 e. The number of rotatable bonds is 5. The van der Waals surface area contributed by atoms with E-state index in [0.717, 1.165) is 0 Å². The highest BCUT2D eigenvalue weighted by atomic mass is 127. The molecule has 0 saturated carbocycles. The number of likely N-dealkylation sites (tertiary alicyclic amines) is 1. The number of nitrogens with one attached hydrogen (secondary N) is 2. The third kappa shape index (κ3) is 7.44. The van der Waals surface area contributed by atoms with Crippen LogP contribution in [0, 0.1) is 5.82 Å². The van der Waals surface area contributed by atoms with Gasteiger partial charge in [0.2, 0.25) is 0 Å². The molecule has 0 amide bonds. The van der Waals surface area contributed by atoms with Crippen LogP contribution in [0.2, 0.25) is 0 Å². The van der Waals surface area contributed by atoms with Crippen LogP contribution in [0.25, 0.3) is 0 Å². The summed E-state index contributed by atoms with van der Waals surface area (Å²) < 4.78 is 51.5. The summed E-state index contributed by atoms with van der Waals surface area (Å²) in [6.45, 7) is 4.11. The van der Waals surface area contributed by atoms with Crippen LogP contribution in [0.5, 0.6) is 0 Å². The molecular formula is C18H27F4IN4. The number of nitrogens with zero attached hydrogens (tertiary/aromatic N) is 2. The molecule has 4 nitrogen and oxygen atoms in total. The molecule has 9 heteroatoms. The predicted molar refractivity (Wildman–Crippen MR) is 110 cm³/mol. The average Bonchev–Trinajstić information content (AvgIpc) is 2.96. The number of hydrogen-bond donors (Lipinski definition) is 2. The van der Waals surface area contributed by atoms with Gasteiger partial charge < -0.3 is 10.6 Å². The Kier molecular flexibility index (Phi) is 8.78. The van der Waals surface area contributed by atoms with Crippen molar-refractivity contribution in [3.05, 3.63) is 35.6 Å². The molecule has 1 atom stereocenters. The van der Waals surface area contributed by atoms with Gasteiger partial charge in [0.1, 0.15) is 5.82 Å². The van der Waals surface area contributed by atoms with Gasteiger partial charge in [-0.15, -0.1) is 24.0 Å². The van der Waals surface area contributed by atoms with Crippen molar-refractivity contribution < 1.29 is 17.6 Å². The second-order valence-electron chi connectivity index (χ2n) is 7.27. The summed E-state index contributed by atoms with van der Waals surface area (Å²) in [4.78, 5) is 5.51. The van der Waals surface area contributed by atoms with Crippen LogP contribution >= 0.6 is 24.0 Å². The molecule has 1 aromatic rings. The summed E-state index contributed by atoms with van der Waals surface area (Å²) in [7, 11) is 1.61. The van der Waals surface area contributed by atoms with Crippen LogP contribution in [0.1, 0.15) is 25.8 Å². The van der Waals surface area contributed by atoms with Gasteiger partial charge >= 0.3 is 6.18 Å². The fourth-order valence-corrected chi connectivity index (χ4v) is 3.15. The fraction of sp³-hybridized carbons (Fsp3) is 0.611. The summed E-state index contributed by atoms with van der Waals surface area (Å²) in [6, 6.07) is 6.52. The summed E-state index contributed by atoms with van der Waals surface area (Å²) in [5.74, 6) is 0.245. The zero-order chi connectivity index (χ0) is 19.4. The van der Waals surface area contributed by atoms with E-state index in [9.17, 15) is 17.6 Å². The van der Waals surface area contributed by atoms with Gasteiger partial charge in [0.15, 0.2) is 5.96 Å². The molecule has 0 radical (unpaired) electrons. The van der Waals surface area contributed by atoms with E-state index in [1.54, 1.807) is 25.2 Å². The van der Waals surface area contributed by atoms with Gasteiger partial charge in [-0.2, -0.15) is 13.2 Å². The van der Waals surface area contributed by atoms with Crippen LogP contribution < -0.4 is 10.6 Å². The zero-order valence-electron chi connectivity index (χ0n) is 15.7. The van der Waals surface area contributed by atoms with E-state index in [-0.39, 0.29) is 35.8 Å². The number of guanidine groups is 1. The number of aliphatic imine (C=N–C) groups is 1. The van der Waals surface area contributed by atoms with Gasteiger partial charge in [-0.05, 0) is 18.1 Å². The normalized spacial score (nSPS) is 18.9. The molecule has 0 aromatic heterocycles. The standard InChI is InChI=1S/C18H26F4N4.HI/c1-17(2,14-6-4-5-7-15(14)19)11-24-16(23-3)25-13-8-9-26(10-13)12-18(20,21)22;/h4-7,13H,8-12H2,1-3H3,(H2,23,24,25);1H. The number of hydrogen-bond acceptors (Lipinski definition) is 2. The minimum atomic E-state index is -4.18. The molecule has 0 spiro atoms. The maximum atomic E-state index is 14.0. The number of halogens is 5. The van der Waals surface area contributed by atoms with E-state index in [4.69, 9.17) is 0 Å². The largest absolute Gasteiger partial charge is 0.401 e. The van der Waals surface area contributed by atoms with Crippen molar-refractivity contribution in [2.24, 2.45) is 4.99 Å². The lowest BCUT2D eigenvalue weighted by atomic mass is 9.84. The molecule has 1 saturated heterocycles. The van der Waals surface area contributed by atoms with Crippen molar-refractivity contribution in [1.82, 2.24) is 15.5 Å². The van der Waals surface area contributed by atoms with E-state index in [0.29, 0.717) is 37.6 Å². The highest BCUT2D eigenvalue weighted by Gasteiger charge is 2.34. The van der Waals surface area contributed by atoms with Gasteiger partial charge in [-0.25, -0.2) is 4.39 Å². The van der Waals surface area contributed by atoms with Crippen molar-refractivity contribution >= 4 is 29.9 Å². The van der Waals surface area contributed by atoms with E-state index < -0.39 is 18.1 Å². The lowest BCUT2D eigenvalue weighted by molar-refractivity contribution is -0.143. The molecule has 1 fully saturated rings. The van der Waals surface area contributed by atoms with E-state index in [2.05, 4.69) is 15.6 Å². The fourth-order valence-electron chi connectivity index (χ4n) is 3.15. The molecule has 2 N–H and O–H groups in total. The first-order valence-corrected chi connectivity index (χ1v) is 8.62. The first-order valence-electron chi connectivity index (χ1n) is 8.62. The highest BCUT2D eigenvalue weighted by Crippen LogP contribution is 2.25. The first-order chi connectivity index (χ1) is 12.1. The van der Waals surface area contributed by atoms with Crippen molar-refractivity contribution in [3.8, 4) is 0 Å². The predicted octanol–water partition coefficient (Wildman–Crippen LogP) is 3.52. The lowest BCUT2D eigenvalue weighted by Crippen LogP contribution is -2.48. The van der Waals surface area contributed by atoms with Gasteiger partial charge in [-0.1, -0.05) is 32.0 Å². The Morgan fingerprint density at radius 3 is 2.52 bits per heavy atom. The third-order valence-electron chi connectivity index (χ3n) is 4.54. The SMILES string of the molecule is CN=C(NCC(C)(C)c1ccccc1F)NC1CCN(CC(F)(F)F)C1.I. The zero-order valence-corrected chi connectivity index (χ0v) is 18.1. The molecule has 154 valence electrons. The Bertz CT molecular complexity index is 634. The van der Waals surface area contributed by atoms with E-state index >= 15 is 0 Å². The van der Waals surface area contributed by atoms with Crippen LogP contribution in [0.15, 0.2) is 29.3 Å². The maximum Gasteiger partial charge on any atom is 0.401 e. The average molecular weight is 502 g/mol. The summed E-state index contributed by atoms with van der Waals surface area (Å²) in [5, 5.41) is 6.31. The van der Waals surface area contributed by atoms with Crippen LogP contribution in [-0.4, -0.2) is 56.3 Å². The van der Waals surface area contributed by atoms with Crippen molar-refractivity contribution in [1.29, 1.82) is 0 Å². The van der Waals surface area contributed by atoms with Crippen LogP contribution in [0.4, 0.5) is 17.6 Å². The molecule has 0 bridgehead atoms. The van der Waals surface area contributed by atoms with Crippen molar-refractivity contribution in [3.63, 3.8) is 0 Å². The highest BCUT2D eigenvalue weighted by molar-refractivity contribution is 14.0. The first kappa shape index (κ1) is 23.9. The second-order valence-corrected chi connectivity index (χ2v) is 7.27. The van der Waals surface area contributed by atoms with Gasteiger partial charge in [0.25, 0.3) is 0 Å².